The lowest BCUT2D eigenvalue weighted by Crippen LogP contribution is -2.34. The van der Waals surface area contributed by atoms with Crippen molar-refractivity contribution in [3.8, 4) is 0 Å². The minimum absolute atomic E-state index is 0.130. The lowest BCUT2D eigenvalue weighted by molar-refractivity contribution is -0.142. The molecule has 1 aromatic carbocycles. The zero-order valence-corrected chi connectivity index (χ0v) is 19.8. The molecule has 0 spiro atoms. The predicted molar refractivity (Wildman–Crippen MR) is 126 cm³/mol. The van der Waals surface area contributed by atoms with Gasteiger partial charge < -0.3 is 10.6 Å². The molecule has 0 aliphatic heterocycles. The van der Waals surface area contributed by atoms with E-state index in [2.05, 4.69) is 30.7 Å². The third kappa shape index (κ3) is 5.81. The van der Waals surface area contributed by atoms with Crippen molar-refractivity contribution in [3.05, 3.63) is 47.5 Å². The molecule has 0 saturated heterocycles. The second-order valence-corrected chi connectivity index (χ2v) is 9.40. The van der Waals surface area contributed by atoms with Gasteiger partial charge in [0.1, 0.15) is 24.4 Å². The molecule has 1 saturated carbocycles. The van der Waals surface area contributed by atoms with Crippen LogP contribution in [0.3, 0.4) is 0 Å². The van der Waals surface area contributed by atoms with Crippen LogP contribution in [0.15, 0.2) is 36.8 Å². The summed E-state index contributed by atoms with van der Waals surface area (Å²) in [7, 11) is 0. The Kier molecular flexibility index (Phi) is 6.50. The molecule has 3 heterocycles. The van der Waals surface area contributed by atoms with Gasteiger partial charge in [-0.15, -0.1) is 0 Å². The topological polar surface area (TPSA) is 80.5 Å². The highest BCUT2D eigenvalue weighted by Crippen LogP contribution is 2.36. The van der Waals surface area contributed by atoms with Crippen LogP contribution >= 0.6 is 11.6 Å². The summed E-state index contributed by atoms with van der Waals surface area (Å²) in [5.74, 6) is 0.351. The number of pyridine rings is 1. The van der Waals surface area contributed by atoms with Crippen LogP contribution in [-0.2, 0) is 12.7 Å². The van der Waals surface area contributed by atoms with Gasteiger partial charge >= 0.3 is 12.4 Å². The Hall–Kier alpha value is -3.35. The fourth-order valence-electron chi connectivity index (χ4n) is 4.59. The maximum absolute atomic E-state index is 13.5. The highest BCUT2D eigenvalue weighted by molar-refractivity contribution is 6.31. The van der Waals surface area contributed by atoms with E-state index >= 15 is 0 Å². The van der Waals surface area contributed by atoms with E-state index in [0.29, 0.717) is 34.5 Å². The number of alkyl halides is 6. The maximum atomic E-state index is 13.5. The number of anilines is 2. The smallest absolute Gasteiger partial charge is 0.382 e. The molecule has 1 aliphatic carbocycles. The predicted octanol–water partition coefficient (Wildman–Crippen LogP) is 6.44. The number of nitrogens with one attached hydrogen (secondary N) is 2. The Balaban J connectivity index is 1.37. The molecule has 0 amide bonds. The van der Waals surface area contributed by atoms with Gasteiger partial charge in [-0.3, -0.25) is 4.68 Å². The van der Waals surface area contributed by atoms with Gasteiger partial charge in [-0.25, -0.2) is 15.0 Å². The highest BCUT2D eigenvalue weighted by Gasteiger charge is 2.34. The SMILES string of the molecule is FC(F)(F)Cn1cc2c(N[C@@H]3CCC[C@H](Nc4cc(C(F)(F)F)nc5ccc(Cl)cc45)C3)ncnc2n1. The molecule has 1 aliphatic rings. The van der Waals surface area contributed by atoms with E-state index in [4.69, 9.17) is 11.6 Å². The average Bonchev–Trinajstić information content (AvgIpc) is 3.20. The first-order chi connectivity index (χ1) is 17.4. The van der Waals surface area contributed by atoms with Crippen LogP contribution in [0, 0.1) is 0 Å². The molecule has 0 bridgehead atoms. The van der Waals surface area contributed by atoms with E-state index in [1.165, 1.54) is 24.7 Å². The third-order valence-corrected chi connectivity index (χ3v) is 6.38. The molecule has 5 rings (SSSR count). The van der Waals surface area contributed by atoms with E-state index in [1.54, 1.807) is 6.07 Å². The van der Waals surface area contributed by atoms with Crippen molar-refractivity contribution in [1.82, 2.24) is 24.7 Å². The number of hydrogen-bond acceptors (Lipinski definition) is 6. The average molecular weight is 544 g/mol. The fourth-order valence-corrected chi connectivity index (χ4v) is 4.76. The van der Waals surface area contributed by atoms with Gasteiger partial charge in [-0.05, 0) is 49.9 Å². The third-order valence-electron chi connectivity index (χ3n) is 6.14. The van der Waals surface area contributed by atoms with Crippen molar-refractivity contribution in [1.29, 1.82) is 0 Å². The van der Waals surface area contributed by atoms with Crippen molar-refractivity contribution in [2.75, 3.05) is 10.6 Å². The molecule has 196 valence electrons. The van der Waals surface area contributed by atoms with Crippen molar-refractivity contribution < 1.29 is 26.3 Å². The molecule has 0 unspecified atom stereocenters. The van der Waals surface area contributed by atoms with E-state index in [0.717, 1.165) is 23.6 Å². The largest absolute Gasteiger partial charge is 0.433 e. The van der Waals surface area contributed by atoms with E-state index < -0.39 is 24.6 Å². The molecule has 3 aromatic heterocycles. The Morgan fingerprint density at radius 2 is 1.73 bits per heavy atom. The zero-order chi connectivity index (χ0) is 26.4. The lowest BCUT2D eigenvalue weighted by Gasteiger charge is -2.31. The summed E-state index contributed by atoms with van der Waals surface area (Å²) in [6.45, 7) is -1.25. The van der Waals surface area contributed by atoms with Crippen molar-refractivity contribution in [3.63, 3.8) is 0 Å². The Labute approximate surface area is 211 Å². The first kappa shape index (κ1) is 25.3. The van der Waals surface area contributed by atoms with Crippen LogP contribution in [-0.4, -0.2) is 43.0 Å². The number of halogens is 7. The van der Waals surface area contributed by atoms with Crippen molar-refractivity contribution in [2.45, 2.75) is 56.7 Å². The Morgan fingerprint density at radius 3 is 2.46 bits per heavy atom. The van der Waals surface area contributed by atoms with Crippen LogP contribution in [0.4, 0.5) is 37.8 Å². The number of fused-ring (bicyclic) bond motifs is 2. The molecular formula is C23H20ClF6N7. The van der Waals surface area contributed by atoms with Gasteiger partial charge in [-0.1, -0.05) is 11.6 Å². The number of rotatable bonds is 5. The van der Waals surface area contributed by atoms with Crippen molar-refractivity contribution >= 4 is 45.0 Å². The van der Waals surface area contributed by atoms with Gasteiger partial charge in [0.2, 0.25) is 0 Å². The molecule has 37 heavy (non-hydrogen) atoms. The molecule has 7 nitrogen and oxygen atoms in total. The number of benzene rings is 1. The number of nitrogens with zero attached hydrogens (tertiary/aromatic N) is 5. The second kappa shape index (κ2) is 9.51. The quantitative estimate of drug-likeness (QED) is 0.282. The lowest BCUT2D eigenvalue weighted by atomic mass is 9.90. The van der Waals surface area contributed by atoms with E-state index in [9.17, 15) is 26.3 Å². The highest BCUT2D eigenvalue weighted by atomic mass is 35.5. The standard InChI is InChI=1S/C23H20ClF6N7/c24-12-4-5-17-15(6-12)18(8-19(35-17)23(28,29)30)33-13-2-1-3-14(7-13)34-20-16-9-37(10-22(25,26)27)36-21(16)32-11-31-20/h4-6,8-9,11,13-14H,1-3,7,10H2,(H,33,35)(H,31,32,34,36)/t13-,14+/m0/s1. The van der Waals surface area contributed by atoms with E-state index in [-0.39, 0.29) is 28.9 Å². The Bertz CT molecular complexity index is 1440. The second-order valence-electron chi connectivity index (χ2n) is 8.96. The molecule has 0 radical (unpaired) electrons. The number of aromatic nitrogens is 5. The van der Waals surface area contributed by atoms with Gasteiger partial charge in [0.15, 0.2) is 5.65 Å². The zero-order valence-electron chi connectivity index (χ0n) is 19.0. The first-order valence-corrected chi connectivity index (χ1v) is 11.8. The molecule has 2 atom stereocenters. The van der Waals surface area contributed by atoms with Crippen LogP contribution in [0.5, 0.6) is 0 Å². The molecule has 4 aromatic rings. The first-order valence-electron chi connectivity index (χ1n) is 11.4. The summed E-state index contributed by atoms with van der Waals surface area (Å²) in [6.07, 6.45) is -3.81. The molecule has 2 N–H and O–H groups in total. The summed E-state index contributed by atoms with van der Waals surface area (Å²) in [4.78, 5) is 11.9. The summed E-state index contributed by atoms with van der Waals surface area (Å²) in [5.41, 5.74) is -0.420. The van der Waals surface area contributed by atoms with Gasteiger partial charge in [0, 0.05) is 34.4 Å². The monoisotopic (exact) mass is 543 g/mol. The Morgan fingerprint density at radius 1 is 0.973 bits per heavy atom. The summed E-state index contributed by atoms with van der Waals surface area (Å²) in [5, 5.41) is 11.6. The molecule has 14 heteroatoms. The van der Waals surface area contributed by atoms with Crippen molar-refractivity contribution in [2.24, 2.45) is 0 Å². The summed E-state index contributed by atoms with van der Waals surface area (Å²) < 4.78 is 79.5. The van der Waals surface area contributed by atoms with Crippen LogP contribution in [0.25, 0.3) is 21.9 Å². The minimum atomic E-state index is -4.62. The summed E-state index contributed by atoms with van der Waals surface area (Å²) >= 11 is 6.09. The van der Waals surface area contributed by atoms with Crippen LogP contribution in [0.2, 0.25) is 5.02 Å². The van der Waals surface area contributed by atoms with E-state index in [1.807, 2.05) is 0 Å². The van der Waals surface area contributed by atoms with Crippen LogP contribution in [0.1, 0.15) is 31.4 Å². The van der Waals surface area contributed by atoms with Gasteiger partial charge in [0.25, 0.3) is 0 Å². The molecule has 1 fully saturated rings. The normalized spacial score (nSPS) is 18.9. The summed E-state index contributed by atoms with van der Waals surface area (Å²) in [6, 6.07) is 5.18. The van der Waals surface area contributed by atoms with Crippen LogP contribution < -0.4 is 10.6 Å². The number of hydrogen-bond donors (Lipinski definition) is 2. The van der Waals surface area contributed by atoms with Gasteiger partial charge in [-0.2, -0.15) is 31.4 Å². The minimum Gasteiger partial charge on any atom is -0.382 e. The van der Waals surface area contributed by atoms with Gasteiger partial charge in [0.05, 0.1) is 10.9 Å². The fraction of sp³-hybridized carbons (Fsp3) is 0.391. The maximum Gasteiger partial charge on any atom is 0.433 e. The molecular weight excluding hydrogens is 524 g/mol.